The van der Waals surface area contributed by atoms with Crippen molar-refractivity contribution in [1.82, 2.24) is 24.7 Å². The highest BCUT2D eigenvalue weighted by Crippen LogP contribution is 2.40. The Labute approximate surface area is 239 Å². The first-order valence-electron chi connectivity index (χ1n) is 12.8. The second-order valence-corrected chi connectivity index (χ2v) is 10.0. The fraction of sp³-hybridized carbons (Fsp3) is 0.519. The summed E-state index contributed by atoms with van der Waals surface area (Å²) in [6.45, 7) is 12.1. The number of nitrogens with one attached hydrogen (secondary N) is 1. The summed E-state index contributed by atoms with van der Waals surface area (Å²) in [5.74, 6) is 0.891. The fourth-order valence-corrected chi connectivity index (χ4v) is 4.02. The van der Waals surface area contributed by atoms with Gasteiger partial charge in [0.25, 0.3) is 0 Å². The predicted octanol–water partition coefficient (Wildman–Crippen LogP) is 3.16. The third-order valence-electron chi connectivity index (χ3n) is 6.20. The lowest BCUT2D eigenvalue weighted by Crippen LogP contribution is -2.29. The first-order valence-corrected chi connectivity index (χ1v) is 12.8. The number of aryl methyl sites for hydroxylation is 1. The van der Waals surface area contributed by atoms with E-state index < -0.39 is 6.09 Å². The smallest absolute Gasteiger partial charge is 0.413 e. The second-order valence-electron chi connectivity index (χ2n) is 10.0. The van der Waals surface area contributed by atoms with Crippen molar-refractivity contribution < 1.29 is 28.9 Å². The van der Waals surface area contributed by atoms with Crippen molar-refractivity contribution in [1.29, 1.82) is 0 Å². The van der Waals surface area contributed by atoms with Crippen LogP contribution < -0.4 is 25.1 Å². The minimum atomic E-state index is -0.615. The number of nitrogens with zero attached hydrogens (tertiary/aromatic N) is 5. The molecule has 0 aliphatic heterocycles. The molecule has 40 heavy (non-hydrogen) atoms. The summed E-state index contributed by atoms with van der Waals surface area (Å²) in [6.07, 6.45) is -0.168. The number of aromatic nitrogens is 4. The Hall–Kier alpha value is -3.64. The molecule has 0 bridgehead atoms. The van der Waals surface area contributed by atoms with Gasteiger partial charge in [0.1, 0.15) is 6.54 Å². The Morgan fingerprint density at radius 2 is 1.85 bits per heavy atom. The number of carbonyl (C=O) groups excluding carboxylic acids is 2. The molecule has 3 rings (SSSR count). The number of aliphatic hydroxyl groups excluding tert-OH is 1. The van der Waals surface area contributed by atoms with Crippen molar-refractivity contribution in [3.63, 3.8) is 0 Å². The average Bonchev–Trinajstić information content (AvgIpc) is 3.23. The number of amides is 1. The van der Waals surface area contributed by atoms with Gasteiger partial charge in [-0.1, -0.05) is 20.8 Å². The highest BCUT2D eigenvalue weighted by Gasteiger charge is 2.26. The number of carbonyl (C=O) groups is 2. The second kappa shape index (κ2) is 13.6. The van der Waals surface area contributed by atoms with Crippen LogP contribution in [0.15, 0.2) is 17.1 Å². The van der Waals surface area contributed by atoms with E-state index in [0.29, 0.717) is 46.9 Å². The Kier molecular flexibility index (Phi) is 11.1. The lowest BCUT2D eigenvalue weighted by atomic mass is 9.84. The van der Waals surface area contributed by atoms with Crippen LogP contribution >= 0.6 is 12.4 Å². The lowest BCUT2D eigenvalue weighted by molar-refractivity contribution is 0.0965. The predicted molar refractivity (Wildman–Crippen MR) is 152 cm³/mol. The number of Topliss-reactive ketones (excluding diaryl/α,β-unsaturated/α-hetero) is 1. The molecule has 0 spiro atoms. The van der Waals surface area contributed by atoms with E-state index in [-0.39, 0.29) is 49.2 Å². The van der Waals surface area contributed by atoms with E-state index >= 15 is 0 Å². The van der Waals surface area contributed by atoms with Gasteiger partial charge in [-0.25, -0.2) is 9.48 Å². The molecule has 13 heteroatoms. The molecular formula is C27H39ClN6O6. The normalized spacial score (nSPS) is 11.8. The fourth-order valence-electron chi connectivity index (χ4n) is 4.02. The standard InChI is InChI=1S/C27H38N6O6.ClH/c1-9-29-26(36)39-24-17(3)16(2)23-30-32(25(28-7)33(23)31-24)15-20(35)18-13-19(27(4,5)6)22(37-8)21(14-18)38-12-10-11-34;/h13-14,34H,9-12,15H2,1-8H3,(H,29,36);1H/b28-25+;. The van der Waals surface area contributed by atoms with Crippen molar-refractivity contribution in [3.05, 3.63) is 40.0 Å². The minimum Gasteiger partial charge on any atom is -0.493 e. The number of fused-ring (bicyclic) bond motifs is 1. The summed E-state index contributed by atoms with van der Waals surface area (Å²) in [7, 11) is 3.14. The number of ketones is 1. The van der Waals surface area contributed by atoms with Gasteiger partial charge >= 0.3 is 6.09 Å². The lowest BCUT2D eigenvalue weighted by Gasteiger charge is -2.25. The number of benzene rings is 1. The molecule has 220 valence electrons. The maximum atomic E-state index is 13.6. The largest absolute Gasteiger partial charge is 0.493 e. The van der Waals surface area contributed by atoms with Crippen LogP contribution in [-0.4, -0.2) is 70.3 Å². The number of methoxy groups -OCH3 is 1. The molecule has 3 aromatic rings. The number of rotatable bonds is 10. The van der Waals surface area contributed by atoms with Gasteiger partial charge < -0.3 is 24.6 Å². The zero-order valence-corrected chi connectivity index (χ0v) is 25.1. The first-order chi connectivity index (χ1) is 18.5. The Morgan fingerprint density at radius 1 is 1.15 bits per heavy atom. The summed E-state index contributed by atoms with van der Waals surface area (Å²) in [5.41, 5.74) is 3.08. The number of hydrogen-bond acceptors (Lipinski definition) is 9. The average molecular weight is 579 g/mol. The van der Waals surface area contributed by atoms with Crippen LogP contribution in [-0.2, 0) is 12.0 Å². The van der Waals surface area contributed by atoms with E-state index in [1.807, 2.05) is 33.8 Å². The van der Waals surface area contributed by atoms with Crippen LogP contribution in [0.5, 0.6) is 17.4 Å². The van der Waals surface area contributed by atoms with Crippen molar-refractivity contribution in [2.75, 3.05) is 33.9 Å². The third kappa shape index (κ3) is 6.92. The molecule has 0 radical (unpaired) electrons. The molecule has 0 unspecified atom stereocenters. The van der Waals surface area contributed by atoms with Crippen molar-refractivity contribution in [2.24, 2.45) is 4.99 Å². The van der Waals surface area contributed by atoms with Crippen molar-refractivity contribution in [2.45, 2.75) is 59.9 Å². The Morgan fingerprint density at radius 3 is 2.42 bits per heavy atom. The van der Waals surface area contributed by atoms with Gasteiger partial charge in [0.2, 0.25) is 11.5 Å². The van der Waals surface area contributed by atoms with Crippen molar-refractivity contribution in [3.8, 4) is 17.4 Å². The minimum absolute atomic E-state index is 0. The van der Waals surface area contributed by atoms with E-state index in [1.54, 1.807) is 34.1 Å². The highest BCUT2D eigenvalue weighted by atomic mass is 35.5. The van der Waals surface area contributed by atoms with Crippen LogP contribution in [0.2, 0.25) is 0 Å². The number of aliphatic hydroxyl groups is 1. The van der Waals surface area contributed by atoms with Crippen LogP contribution in [0.25, 0.3) is 5.65 Å². The van der Waals surface area contributed by atoms with Gasteiger partial charge in [0.15, 0.2) is 22.9 Å². The van der Waals surface area contributed by atoms with E-state index in [2.05, 4.69) is 20.5 Å². The summed E-state index contributed by atoms with van der Waals surface area (Å²) >= 11 is 0. The van der Waals surface area contributed by atoms with Crippen LogP contribution in [0, 0.1) is 13.8 Å². The van der Waals surface area contributed by atoms with E-state index in [1.165, 1.54) is 9.20 Å². The molecule has 0 fully saturated rings. The topological polar surface area (TPSA) is 142 Å². The summed E-state index contributed by atoms with van der Waals surface area (Å²) < 4.78 is 19.9. The summed E-state index contributed by atoms with van der Waals surface area (Å²) in [4.78, 5) is 29.9. The Bertz CT molecular complexity index is 1440. The molecular weight excluding hydrogens is 540 g/mol. The van der Waals surface area contributed by atoms with Gasteiger partial charge in [-0.2, -0.15) is 4.52 Å². The van der Waals surface area contributed by atoms with Gasteiger partial charge in [0, 0.05) is 48.9 Å². The first kappa shape index (κ1) is 32.6. The van der Waals surface area contributed by atoms with Gasteiger partial charge in [-0.05, 0) is 38.3 Å². The molecule has 2 heterocycles. The molecule has 2 N–H and O–H groups in total. The molecule has 0 saturated carbocycles. The Balaban J connectivity index is 0.00000560. The molecule has 2 aromatic heterocycles. The number of halogens is 1. The maximum absolute atomic E-state index is 13.6. The van der Waals surface area contributed by atoms with Gasteiger partial charge in [0.05, 0.1) is 13.7 Å². The molecule has 0 saturated heterocycles. The summed E-state index contributed by atoms with van der Waals surface area (Å²) in [5, 5.41) is 20.8. The van der Waals surface area contributed by atoms with E-state index in [9.17, 15) is 14.7 Å². The zero-order valence-electron chi connectivity index (χ0n) is 24.3. The molecule has 1 amide bonds. The van der Waals surface area contributed by atoms with E-state index in [0.717, 1.165) is 11.1 Å². The van der Waals surface area contributed by atoms with Crippen LogP contribution in [0.1, 0.15) is 61.2 Å². The molecule has 0 aliphatic carbocycles. The molecule has 12 nitrogen and oxygen atoms in total. The quantitative estimate of drug-likeness (QED) is 0.276. The van der Waals surface area contributed by atoms with Gasteiger partial charge in [-0.3, -0.25) is 9.79 Å². The van der Waals surface area contributed by atoms with Crippen LogP contribution in [0.4, 0.5) is 4.79 Å². The SMILES string of the molecule is CCNC(=O)Oc1nn2/c(=N/C)n(CC(=O)c3cc(OCCCO)c(OC)c(C(C)(C)C)c3)nc2c(C)c1C.Cl. The number of hydrogen-bond donors (Lipinski definition) is 2. The van der Waals surface area contributed by atoms with E-state index in [4.69, 9.17) is 14.2 Å². The molecule has 1 aromatic carbocycles. The highest BCUT2D eigenvalue weighted by molar-refractivity contribution is 5.97. The zero-order chi connectivity index (χ0) is 28.9. The number of ether oxygens (including phenoxy) is 3. The van der Waals surface area contributed by atoms with Crippen LogP contribution in [0.3, 0.4) is 0 Å². The monoisotopic (exact) mass is 578 g/mol. The summed E-state index contributed by atoms with van der Waals surface area (Å²) in [6, 6.07) is 3.46. The molecule has 0 aliphatic rings. The third-order valence-corrected chi connectivity index (χ3v) is 6.20. The van der Waals surface area contributed by atoms with Gasteiger partial charge in [-0.15, -0.1) is 22.6 Å². The molecule has 0 atom stereocenters. The maximum Gasteiger partial charge on any atom is 0.413 e. The van der Waals surface area contributed by atoms with Crippen molar-refractivity contribution >= 4 is 29.9 Å².